The van der Waals surface area contributed by atoms with Crippen molar-refractivity contribution in [2.45, 2.75) is 52.9 Å². The molecule has 50 heavy (non-hydrogen) atoms. The highest BCUT2D eigenvalue weighted by molar-refractivity contribution is 7.19. The van der Waals surface area contributed by atoms with Crippen LogP contribution in [0.15, 0.2) is 151 Å². The number of allylic oxidation sites excluding steroid dienone is 4. The molecule has 0 aliphatic heterocycles. The average Bonchev–Trinajstić information content (AvgIpc) is 3.61. The van der Waals surface area contributed by atoms with E-state index >= 15 is 0 Å². The van der Waals surface area contributed by atoms with Gasteiger partial charge in [-0.05, 0) is 88.9 Å². The molecule has 1 heterocycles. The number of rotatable bonds is 5. The molecule has 1 aromatic heterocycles. The number of aliphatic imine (C=N–C) groups is 1. The van der Waals surface area contributed by atoms with E-state index in [0.717, 1.165) is 17.0 Å². The molecule has 0 amide bonds. The summed E-state index contributed by atoms with van der Waals surface area (Å²) in [6, 6.07) is 43.2. The van der Waals surface area contributed by atoms with Crippen LogP contribution in [0.5, 0.6) is 0 Å². The largest absolute Gasteiger partial charge is 0.254 e. The third kappa shape index (κ3) is 6.14. The zero-order chi connectivity index (χ0) is 35.0. The molecule has 0 radical (unpaired) electrons. The topological polar surface area (TPSA) is 12.4 Å². The van der Waals surface area contributed by atoms with Gasteiger partial charge in [0.05, 0.1) is 5.71 Å². The SMILES string of the molecule is C=C(C)N=C(/C=C(\C)c1ccccc1)c1ccccc1.Cc1ccccc1C1c2sc3ccc4c(c3c2C=CC1C)-c1ccccc1C4(C)C. The Kier molecular flexibility index (Phi) is 9.16. The molecule has 5 aromatic carbocycles. The quantitative estimate of drug-likeness (QED) is 0.162. The minimum Gasteiger partial charge on any atom is -0.254 e. The maximum absolute atomic E-state index is 4.56. The smallest absolute Gasteiger partial charge is 0.0707 e. The van der Waals surface area contributed by atoms with Crippen LogP contribution in [0.3, 0.4) is 0 Å². The highest BCUT2D eigenvalue weighted by atomic mass is 32.1. The molecule has 2 aliphatic rings. The normalized spacial score (nSPS) is 17.4. The van der Waals surface area contributed by atoms with E-state index in [1.807, 2.05) is 54.7 Å². The van der Waals surface area contributed by atoms with Crippen LogP contribution in [0.25, 0.3) is 32.9 Å². The maximum Gasteiger partial charge on any atom is 0.0707 e. The highest BCUT2D eigenvalue weighted by Crippen LogP contribution is 2.55. The first-order chi connectivity index (χ1) is 24.1. The van der Waals surface area contributed by atoms with E-state index in [-0.39, 0.29) is 5.41 Å². The second-order valence-corrected chi connectivity index (χ2v) is 15.3. The molecule has 2 heteroatoms. The lowest BCUT2D eigenvalue weighted by Gasteiger charge is -2.27. The zero-order valence-corrected chi connectivity index (χ0v) is 30.8. The fraction of sp³-hybridized carbons (Fsp3) is 0.188. The van der Waals surface area contributed by atoms with Crippen molar-refractivity contribution in [3.8, 4) is 11.1 Å². The first-order valence-electron chi connectivity index (χ1n) is 17.6. The fourth-order valence-corrected chi connectivity index (χ4v) is 9.20. The number of benzene rings is 5. The van der Waals surface area contributed by atoms with Crippen LogP contribution in [0.2, 0.25) is 0 Å². The van der Waals surface area contributed by atoms with Gasteiger partial charge in [-0.1, -0.05) is 155 Å². The molecule has 0 saturated carbocycles. The molecule has 0 spiro atoms. The molecule has 248 valence electrons. The van der Waals surface area contributed by atoms with Gasteiger partial charge in [-0.2, -0.15) is 0 Å². The number of hydrogen-bond donors (Lipinski definition) is 0. The first-order valence-corrected chi connectivity index (χ1v) is 18.4. The van der Waals surface area contributed by atoms with Crippen molar-refractivity contribution in [3.63, 3.8) is 0 Å². The Hall–Kier alpha value is -5.05. The monoisotopic (exact) mass is 667 g/mol. The molecule has 2 aliphatic carbocycles. The number of fused-ring (bicyclic) bond motifs is 7. The molecule has 2 atom stereocenters. The molecule has 0 saturated heterocycles. The lowest BCUT2D eigenvalue weighted by Crippen LogP contribution is -2.14. The van der Waals surface area contributed by atoms with Gasteiger partial charge in [-0.3, -0.25) is 4.99 Å². The Morgan fingerprint density at radius 1 is 0.760 bits per heavy atom. The van der Waals surface area contributed by atoms with Crippen LogP contribution >= 0.6 is 11.3 Å². The molecular weight excluding hydrogens is 623 g/mol. The van der Waals surface area contributed by atoms with E-state index in [9.17, 15) is 0 Å². The molecule has 8 rings (SSSR count). The van der Waals surface area contributed by atoms with Crippen LogP contribution in [0.4, 0.5) is 0 Å². The second kappa shape index (κ2) is 13.7. The summed E-state index contributed by atoms with van der Waals surface area (Å²) in [6.07, 6.45) is 6.94. The van der Waals surface area contributed by atoms with Gasteiger partial charge in [0.25, 0.3) is 0 Å². The zero-order valence-electron chi connectivity index (χ0n) is 30.0. The summed E-state index contributed by atoms with van der Waals surface area (Å²) in [4.78, 5) is 6.09. The second-order valence-electron chi connectivity index (χ2n) is 14.3. The van der Waals surface area contributed by atoms with E-state index in [4.69, 9.17) is 0 Å². The molecule has 1 nitrogen and oxygen atoms in total. The summed E-state index contributed by atoms with van der Waals surface area (Å²) in [7, 11) is 0. The molecular formula is C48H45NS. The molecule has 6 aromatic rings. The summed E-state index contributed by atoms with van der Waals surface area (Å²) in [5.41, 5.74) is 15.4. The molecule has 2 unspecified atom stereocenters. The van der Waals surface area contributed by atoms with Gasteiger partial charge in [0.1, 0.15) is 0 Å². The van der Waals surface area contributed by atoms with Crippen molar-refractivity contribution < 1.29 is 0 Å². The van der Waals surface area contributed by atoms with Crippen molar-refractivity contribution in [2.24, 2.45) is 10.9 Å². The maximum atomic E-state index is 4.56. The highest BCUT2D eigenvalue weighted by Gasteiger charge is 2.38. The van der Waals surface area contributed by atoms with Crippen molar-refractivity contribution in [2.75, 3.05) is 0 Å². The fourth-order valence-electron chi connectivity index (χ4n) is 7.76. The lowest BCUT2D eigenvalue weighted by atomic mass is 9.78. The number of aryl methyl sites for hydroxylation is 1. The van der Waals surface area contributed by atoms with E-state index in [1.165, 1.54) is 65.0 Å². The van der Waals surface area contributed by atoms with Gasteiger partial charge in [-0.25, -0.2) is 0 Å². The van der Waals surface area contributed by atoms with Crippen LogP contribution < -0.4 is 0 Å². The minimum absolute atomic E-state index is 0.0516. The van der Waals surface area contributed by atoms with E-state index in [1.54, 1.807) is 0 Å². The summed E-state index contributed by atoms with van der Waals surface area (Å²) in [5.74, 6) is 0.937. The van der Waals surface area contributed by atoms with Gasteiger partial charge in [-0.15, -0.1) is 11.3 Å². The number of hydrogen-bond acceptors (Lipinski definition) is 2. The summed E-state index contributed by atoms with van der Waals surface area (Å²) in [6.45, 7) is 17.3. The molecule has 0 N–H and O–H groups in total. The predicted molar refractivity (Wildman–Crippen MR) is 218 cm³/mol. The van der Waals surface area contributed by atoms with E-state index in [0.29, 0.717) is 11.8 Å². The Morgan fingerprint density at radius 3 is 2.10 bits per heavy atom. The van der Waals surface area contributed by atoms with Gasteiger partial charge in [0.2, 0.25) is 0 Å². The van der Waals surface area contributed by atoms with Crippen molar-refractivity contribution in [1.29, 1.82) is 0 Å². The third-order valence-corrected chi connectivity index (χ3v) is 11.6. The molecule has 0 bridgehead atoms. The standard InChI is InChI=1S/C29H26S.C19H19N/c1-17-9-5-6-10-19(17)25-18(2)13-14-21-27-24(30-28(21)25)16-15-23-26(27)20-11-7-8-12-22(20)29(23,3)4;1-15(2)20-19(18-12-8-5-9-13-18)14-16(3)17-10-6-4-7-11-17/h5-16,18,25H,1-4H3;4-14H,1H2,2-3H3/b;16-14+,20-19?. The third-order valence-electron chi connectivity index (χ3n) is 10.3. The van der Waals surface area contributed by atoms with Crippen LogP contribution in [-0.4, -0.2) is 5.71 Å². The Morgan fingerprint density at radius 2 is 1.40 bits per heavy atom. The van der Waals surface area contributed by atoms with E-state index in [2.05, 4.69) is 149 Å². The van der Waals surface area contributed by atoms with E-state index < -0.39 is 0 Å². The summed E-state index contributed by atoms with van der Waals surface area (Å²) in [5, 5.41) is 1.47. The Labute approximate surface area is 302 Å². The van der Waals surface area contributed by atoms with Crippen molar-refractivity contribution in [3.05, 3.63) is 190 Å². The van der Waals surface area contributed by atoms with Crippen LogP contribution in [-0.2, 0) is 5.41 Å². The number of nitrogens with zero attached hydrogens (tertiary/aromatic N) is 1. The van der Waals surface area contributed by atoms with Crippen LogP contribution in [0, 0.1) is 12.8 Å². The first kappa shape index (κ1) is 33.4. The Balaban J connectivity index is 0.000000171. The van der Waals surface area contributed by atoms with Gasteiger partial charge >= 0.3 is 0 Å². The lowest BCUT2D eigenvalue weighted by molar-refractivity contribution is 0.626. The summed E-state index contributed by atoms with van der Waals surface area (Å²) >= 11 is 2.00. The Bertz CT molecular complexity index is 2300. The number of thiophene rings is 1. The van der Waals surface area contributed by atoms with Gasteiger partial charge in [0.15, 0.2) is 0 Å². The van der Waals surface area contributed by atoms with Crippen molar-refractivity contribution in [1.82, 2.24) is 0 Å². The summed E-state index contributed by atoms with van der Waals surface area (Å²) < 4.78 is 1.42. The van der Waals surface area contributed by atoms with Crippen molar-refractivity contribution >= 4 is 38.8 Å². The van der Waals surface area contributed by atoms with Gasteiger partial charge in [0, 0.05) is 37.6 Å². The average molecular weight is 668 g/mol. The van der Waals surface area contributed by atoms with Gasteiger partial charge < -0.3 is 0 Å². The predicted octanol–water partition coefficient (Wildman–Crippen LogP) is 13.4. The minimum atomic E-state index is 0.0516. The van der Waals surface area contributed by atoms with Crippen LogP contribution in [0.1, 0.15) is 84.4 Å². The molecule has 0 fully saturated rings.